The first-order chi connectivity index (χ1) is 16.9. The second-order valence-corrected chi connectivity index (χ2v) is 10.5. The van der Waals surface area contributed by atoms with Crippen LogP contribution in [0.3, 0.4) is 0 Å². The van der Waals surface area contributed by atoms with Crippen LogP contribution in [0.15, 0.2) is 83.8 Å². The zero-order valence-corrected chi connectivity index (χ0v) is 20.5. The quantitative estimate of drug-likeness (QED) is 0.529. The molecular weight excluding hydrogens is 462 g/mol. The smallest absolute Gasteiger partial charge is 0.264 e. The summed E-state index contributed by atoms with van der Waals surface area (Å²) in [5.41, 5.74) is 2.03. The molecule has 3 aromatic carbocycles. The first-order valence-electron chi connectivity index (χ1n) is 11.7. The molecule has 0 saturated carbocycles. The van der Waals surface area contributed by atoms with E-state index in [9.17, 15) is 18.0 Å². The third-order valence-electron chi connectivity index (χ3n) is 5.98. The fourth-order valence-electron chi connectivity index (χ4n) is 4.18. The number of rotatable bonds is 7. The summed E-state index contributed by atoms with van der Waals surface area (Å²) in [6.45, 7) is 2.81. The first kappa shape index (κ1) is 24.5. The molecule has 0 bridgehead atoms. The van der Waals surface area contributed by atoms with Crippen molar-refractivity contribution in [2.45, 2.75) is 31.1 Å². The number of sulfonamides is 1. The van der Waals surface area contributed by atoms with Gasteiger partial charge in [-0.1, -0.05) is 42.5 Å². The van der Waals surface area contributed by atoms with Crippen molar-refractivity contribution in [3.05, 3.63) is 90.0 Å². The van der Waals surface area contributed by atoms with E-state index in [1.807, 2.05) is 13.0 Å². The number of para-hydroxylation sites is 1. The molecule has 0 aliphatic carbocycles. The van der Waals surface area contributed by atoms with Gasteiger partial charge in [0, 0.05) is 13.1 Å². The Morgan fingerprint density at radius 3 is 2.29 bits per heavy atom. The van der Waals surface area contributed by atoms with Gasteiger partial charge in [0.25, 0.3) is 15.9 Å². The number of aryl methyl sites for hydroxylation is 1. The van der Waals surface area contributed by atoms with Gasteiger partial charge in [0.15, 0.2) is 0 Å². The fraction of sp³-hybridized carbons (Fsp3) is 0.259. The molecule has 8 heteroatoms. The van der Waals surface area contributed by atoms with E-state index < -0.39 is 22.5 Å². The van der Waals surface area contributed by atoms with Crippen molar-refractivity contribution < 1.29 is 18.0 Å². The lowest BCUT2D eigenvalue weighted by atomic mass is 10.1. The molecule has 1 aliphatic rings. The molecule has 1 N–H and O–H groups in total. The highest BCUT2D eigenvalue weighted by Gasteiger charge is 2.28. The zero-order valence-electron chi connectivity index (χ0n) is 19.7. The molecule has 1 aliphatic heterocycles. The van der Waals surface area contributed by atoms with E-state index >= 15 is 0 Å². The van der Waals surface area contributed by atoms with Crippen molar-refractivity contribution in [2.24, 2.45) is 0 Å². The standard InChI is InChI=1S/C27H29N3O4S/c1-21-11-10-12-22(19-21)30(35(33,34)23-13-4-2-5-14-23)20-26(31)28-25-16-7-6-15-24(25)27(32)29-17-8-3-9-18-29/h2,4-7,10-16,19H,3,8-9,17-18,20H2,1H3,(H,28,31). The van der Waals surface area contributed by atoms with Crippen molar-refractivity contribution in [2.75, 3.05) is 29.3 Å². The third kappa shape index (κ3) is 5.71. The average molecular weight is 492 g/mol. The van der Waals surface area contributed by atoms with Gasteiger partial charge in [0.2, 0.25) is 5.91 Å². The molecule has 0 spiro atoms. The van der Waals surface area contributed by atoms with Gasteiger partial charge in [-0.3, -0.25) is 13.9 Å². The minimum Gasteiger partial charge on any atom is -0.339 e. The van der Waals surface area contributed by atoms with Crippen molar-refractivity contribution in [1.29, 1.82) is 0 Å². The van der Waals surface area contributed by atoms with Crippen LogP contribution in [0.5, 0.6) is 0 Å². The number of piperidine rings is 1. The molecule has 0 aromatic heterocycles. The van der Waals surface area contributed by atoms with Crippen LogP contribution in [0.25, 0.3) is 0 Å². The molecular formula is C27H29N3O4S. The van der Waals surface area contributed by atoms with Crippen LogP contribution in [0.2, 0.25) is 0 Å². The summed E-state index contributed by atoms with van der Waals surface area (Å²) in [6.07, 6.45) is 3.03. The lowest BCUT2D eigenvalue weighted by Crippen LogP contribution is -2.39. The molecule has 4 rings (SSSR count). The predicted molar refractivity (Wildman–Crippen MR) is 137 cm³/mol. The predicted octanol–water partition coefficient (Wildman–Crippen LogP) is 4.46. The maximum atomic E-state index is 13.5. The van der Waals surface area contributed by atoms with E-state index in [1.54, 1.807) is 65.6 Å². The van der Waals surface area contributed by atoms with E-state index in [0.29, 0.717) is 30.0 Å². The summed E-state index contributed by atoms with van der Waals surface area (Å²) in [4.78, 5) is 28.2. The summed E-state index contributed by atoms with van der Waals surface area (Å²) in [5, 5.41) is 2.78. The van der Waals surface area contributed by atoms with E-state index in [-0.39, 0.29) is 10.8 Å². The Morgan fingerprint density at radius 1 is 0.886 bits per heavy atom. The summed E-state index contributed by atoms with van der Waals surface area (Å²) in [5.74, 6) is -0.669. The van der Waals surface area contributed by atoms with Crippen LogP contribution in [-0.2, 0) is 14.8 Å². The molecule has 1 saturated heterocycles. The number of anilines is 2. The third-order valence-corrected chi connectivity index (χ3v) is 7.77. The number of benzene rings is 3. The van der Waals surface area contributed by atoms with Crippen molar-refractivity contribution in [1.82, 2.24) is 4.90 Å². The van der Waals surface area contributed by atoms with Gasteiger partial charge in [0.1, 0.15) is 6.54 Å². The molecule has 1 fully saturated rings. The van der Waals surface area contributed by atoms with E-state index in [4.69, 9.17) is 0 Å². The minimum atomic E-state index is -4.00. The van der Waals surface area contributed by atoms with Gasteiger partial charge in [0.05, 0.1) is 21.8 Å². The molecule has 35 heavy (non-hydrogen) atoms. The first-order valence-corrected chi connectivity index (χ1v) is 13.1. The highest BCUT2D eigenvalue weighted by molar-refractivity contribution is 7.92. The van der Waals surface area contributed by atoms with E-state index in [1.165, 1.54) is 12.1 Å². The van der Waals surface area contributed by atoms with Crippen LogP contribution in [0.1, 0.15) is 35.2 Å². The molecule has 182 valence electrons. The Labute approximate surface area is 206 Å². The van der Waals surface area contributed by atoms with E-state index in [2.05, 4.69) is 5.32 Å². The Kier molecular flexibility index (Phi) is 7.51. The highest BCUT2D eigenvalue weighted by atomic mass is 32.2. The zero-order chi connectivity index (χ0) is 24.8. The maximum Gasteiger partial charge on any atom is 0.264 e. The van der Waals surface area contributed by atoms with Crippen LogP contribution in [0, 0.1) is 6.92 Å². The number of carbonyl (C=O) groups is 2. The molecule has 7 nitrogen and oxygen atoms in total. The Hall–Kier alpha value is -3.65. The topological polar surface area (TPSA) is 86.8 Å². The lowest BCUT2D eigenvalue weighted by molar-refractivity contribution is -0.114. The summed E-state index contributed by atoms with van der Waals surface area (Å²) in [6, 6.07) is 21.9. The fourth-order valence-corrected chi connectivity index (χ4v) is 5.62. The summed E-state index contributed by atoms with van der Waals surface area (Å²) >= 11 is 0. The van der Waals surface area contributed by atoms with Crippen LogP contribution in [-0.4, -0.2) is 44.8 Å². The van der Waals surface area contributed by atoms with Crippen molar-refractivity contribution >= 4 is 33.2 Å². The Balaban J connectivity index is 1.61. The van der Waals surface area contributed by atoms with Gasteiger partial charge < -0.3 is 10.2 Å². The van der Waals surface area contributed by atoms with Crippen molar-refractivity contribution in [3.8, 4) is 0 Å². The van der Waals surface area contributed by atoms with Gasteiger partial charge in [-0.05, 0) is 68.1 Å². The lowest BCUT2D eigenvalue weighted by Gasteiger charge is -2.28. The second kappa shape index (κ2) is 10.7. The monoisotopic (exact) mass is 491 g/mol. The summed E-state index contributed by atoms with van der Waals surface area (Å²) < 4.78 is 28.1. The van der Waals surface area contributed by atoms with Gasteiger partial charge in [-0.2, -0.15) is 0 Å². The van der Waals surface area contributed by atoms with Crippen molar-refractivity contribution in [3.63, 3.8) is 0 Å². The number of nitrogens with zero attached hydrogens (tertiary/aromatic N) is 2. The molecule has 3 aromatic rings. The molecule has 1 heterocycles. The number of hydrogen-bond donors (Lipinski definition) is 1. The SMILES string of the molecule is Cc1cccc(N(CC(=O)Nc2ccccc2C(=O)N2CCCCC2)S(=O)(=O)c2ccccc2)c1. The highest BCUT2D eigenvalue weighted by Crippen LogP contribution is 2.25. The Morgan fingerprint density at radius 2 is 1.57 bits per heavy atom. The van der Waals surface area contributed by atoms with Crippen LogP contribution < -0.4 is 9.62 Å². The number of carbonyl (C=O) groups excluding carboxylic acids is 2. The minimum absolute atomic E-state index is 0.0926. The second-order valence-electron chi connectivity index (χ2n) is 8.61. The number of likely N-dealkylation sites (tertiary alicyclic amines) is 1. The van der Waals surface area contributed by atoms with Gasteiger partial charge >= 0.3 is 0 Å². The molecule has 0 radical (unpaired) electrons. The number of hydrogen-bond acceptors (Lipinski definition) is 4. The Bertz CT molecular complexity index is 1300. The normalized spacial score (nSPS) is 13.8. The number of amides is 2. The van der Waals surface area contributed by atoms with E-state index in [0.717, 1.165) is 29.1 Å². The molecule has 0 unspecified atom stereocenters. The van der Waals surface area contributed by atoms with Gasteiger partial charge in [-0.25, -0.2) is 8.42 Å². The molecule has 0 atom stereocenters. The largest absolute Gasteiger partial charge is 0.339 e. The molecule has 2 amide bonds. The van der Waals surface area contributed by atoms with Crippen LogP contribution in [0.4, 0.5) is 11.4 Å². The average Bonchev–Trinajstić information content (AvgIpc) is 2.88. The van der Waals surface area contributed by atoms with Crippen LogP contribution >= 0.6 is 0 Å². The van der Waals surface area contributed by atoms with Gasteiger partial charge in [-0.15, -0.1) is 0 Å². The summed E-state index contributed by atoms with van der Waals surface area (Å²) in [7, 11) is -4.00. The number of nitrogens with one attached hydrogen (secondary N) is 1. The maximum absolute atomic E-state index is 13.5.